The van der Waals surface area contributed by atoms with Gasteiger partial charge in [0.15, 0.2) is 0 Å². The molecule has 0 bridgehead atoms. The molecule has 1 aliphatic rings. The highest BCUT2D eigenvalue weighted by Crippen LogP contribution is 2.49. The number of alkyl halides is 3. The Morgan fingerprint density at radius 2 is 1.94 bits per heavy atom. The second-order valence-corrected chi connectivity index (χ2v) is 4.20. The molecule has 0 spiro atoms. The van der Waals surface area contributed by atoms with Gasteiger partial charge in [0.2, 0.25) is 0 Å². The quantitative estimate of drug-likeness (QED) is 0.805. The summed E-state index contributed by atoms with van der Waals surface area (Å²) < 4.78 is 50.5. The first-order valence-electron chi connectivity index (χ1n) is 5.13. The van der Waals surface area contributed by atoms with Crippen LogP contribution in [0.5, 0.6) is 5.75 Å². The lowest BCUT2D eigenvalue weighted by molar-refractivity contribution is -0.163. The van der Waals surface area contributed by atoms with Crippen molar-refractivity contribution in [1.29, 1.82) is 0 Å². The van der Waals surface area contributed by atoms with Crippen LogP contribution in [0.1, 0.15) is 23.2 Å². The Kier molecular flexibility index (Phi) is 2.71. The summed E-state index contributed by atoms with van der Waals surface area (Å²) in [7, 11) is 0. The van der Waals surface area contributed by atoms with Gasteiger partial charge in [-0.2, -0.15) is 13.2 Å². The van der Waals surface area contributed by atoms with Gasteiger partial charge in [0.25, 0.3) is 5.91 Å². The van der Waals surface area contributed by atoms with Gasteiger partial charge in [-0.15, -0.1) is 0 Å². The van der Waals surface area contributed by atoms with E-state index >= 15 is 0 Å². The van der Waals surface area contributed by atoms with Crippen molar-refractivity contribution in [2.75, 3.05) is 0 Å². The minimum atomic E-state index is -4.53. The Morgan fingerprint density at radius 3 is 2.39 bits per heavy atom. The molecular formula is C11H9F4NO2. The lowest BCUT2D eigenvalue weighted by Crippen LogP contribution is -2.47. The highest BCUT2D eigenvalue weighted by Gasteiger charge is 2.64. The molecule has 2 rings (SSSR count). The molecule has 7 heteroatoms. The fourth-order valence-corrected chi connectivity index (χ4v) is 1.59. The number of hydrogen-bond donors (Lipinski definition) is 2. The van der Waals surface area contributed by atoms with Gasteiger partial charge in [-0.3, -0.25) is 4.79 Å². The van der Waals surface area contributed by atoms with E-state index in [1.165, 1.54) is 0 Å². The number of aromatic hydroxyl groups is 1. The van der Waals surface area contributed by atoms with E-state index < -0.39 is 29.2 Å². The molecule has 0 saturated heterocycles. The maximum atomic E-state index is 12.7. The summed E-state index contributed by atoms with van der Waals surface area (Å²) in [5.74, 6) is -2.53. The number of rotatable bonds is 2. The second kappa shape index (κ2) is 3.86. The summed E-state index contributed by atoms with van der Waals surface area (Å²) in [4.78, 5) is 11.6. The average molecular weight is 263 g/mol. The Balaban J connectivity index is 2.19. The molecule has 0 aliphatic heterocycles. The molecule has 3 nitrogen and oxygen atoms in total. The minimum Gasteiger partial charge on any atom is -0.507 e. The van der Waals surface area contributed by atoms with E-state index in [0.717, 1.165) is 12.1 Å². The van der Waals surface area contributed by atoms with Gasteiger partial charge in [0.05, 0.1) is 5.56 Å². The number of nitrogens with one attached hydrogen (secondary N) is 1. The molecule has 1 aromatic carbocycles. The number of amides is 1. The molecule has 98 valence electrons. The average Bonchev–Trinajstić information content (AvgIpc) is 2.97. The topological polar surface area (TPSA) is 49.3 Å². The van der Waals surface area contributed by atoms with Crippen LogP contribution in [0, 0.1) is 5.82 Å². The summed E-state index contributed by atoms with van der Waals surface area (Å²) in [6.45, 7) is 0. The van der Waals surface area contributed by atoms with E-state index in [1.54, 1.807) is 0 Å². The van der Waals surface area contributed by atoms with E-state index in [4.69, 9.17) is 0 Å². The van der Waals surface area contributed by atoms with Gasteiger partial charge in [0.1, 0.15) is 17.1 Å². The van der Waals surface area contributed by atoms with Crippen LogP contribution >= 0.6 is 0 Å². The van der Waals surface area contributed by atoms with Gasteiger partial charge < -0.3 is 10.4 Å². The van der Waals surface area contributed by atoms with Crippen LogP contribution in [0.15, 0.2) is 18.2 Å². The maximum absolute atomic E-state index is 12.7. The molecule has 1 aliphatic carbocycles. The number of benzene rings is 1. The van der Waals surface area contributed by atoms with Crippen LogP contribution in [0.4, 0.5) is 17.6 Å². The largest absolute Gasteiger partial charge is 0.507 e. The summed E-state index contributed by atoms with van der Waals surface area (Å²) in [5.41, 5.74) is -2.59. The highest BCUT2D eigenvalue weighted by atomic mass is 19.4. The van der Waals surface area contributed by atoms with Crippen molar-refractivity contribution < 1.29 is 27.5 Å². The van der Waals surface area contributed by atoms with E-state index in [-0.39, 0.29) is 18.4 Å². The monoisotopic (exact) mass is 263 g/mol. The van der Waals surface area contributed by atoms with E-state index in [0.29, 0.717) is 6.07 Å². The van der Waals surface area contributed by atoms with Gasteiger partial charge in [-0.1, -0.05) is 0 Å². The third-order valence-electron chi connectivity index (χ3n) is 2.85. The van der Waals surface area contributed by atoms with Gasteiger partial charge >= 0.3 is 6.18 Å². The maximum Gasteiger partial charge on any atom is 0.411 e. The van der Waals surface area contributed by atoms with Crippen molar-refractivity contribution in [2.24, 2.45) is 0 Å². The van der Waals surface area contributed by atoms with Crippen LogP contribution in [-0.2, 0) is 0 Å². The lowest BCUT2D eigenvalue weighted by Gasteiger charge is -2.20. The van der Waals surface area contributed by atoms with Crippen molar-refractivity contribution in [2.45, 2.75) is 24.6 Å². The molecule has 1 aromatic rings. The predicted molar refractivity (Wildman–Crippen MR) is 53.6 cm³/mol. The minimum absolute atomic E-state index is 0.190. The van der Waals surface area contributed by atoms with Gasteiger partial charge in [-0.05, 0) is 25.0 Å². The third-order valence-corrected chi connectivity index (χ3v) is 2.85. The standard InChI is InChI=1S/C11H9F4NO2/c12-6-1-2-7(8(17)5-6)9(18)16-10(3-4-10)11(13,14)15/h1-2,5,17H,3-4H2,(H,16,18). The van der Waals surface area contributed by atoms with Crippen LogP contribution in [0.3, 0.4) is 0 Å². The Bertz CT molecular complexity index is 494. The molecule has 18 heavy (non-hydrogen) atoms. The molecular weight excluding hydrogens is 254 g/mol. The van der Waals surface area contributed by atoms with Crippen LogP contribution in [0.2, 0.25) is 0 Å². The first-order chi connectivity index (χ1) is 8.25. The van der Waals surface area contributed by atoms with E-state index in [2.05, 4.69) is 0 Å². The summed E-state index contributed by atoms with van der Waals surface area (Å²) in [6.07, 6.45) is -4.91. The third kappa shape index (κ3) is 2.12. The molecule has 0 atom stereocenters. The summed E-state index contributed by atoms with van der Waals surface area (Å²) in [6, 6.07) is 2.50. The molecule has 0 heterocycles. The summed E-state index contributed by atoms with van der Waals surface area (Å²) >= 11 is 0. The van der Waals surface area contributed by atoms with Crippen molar-refractivity contribution in [3.63, 3.8) is 0 Å². The zero-order chi connectivity index (χ0) is 13.6. The highest BCUT2D eigenvalue weighted by molar-refractivity contribution is 5.97. The zero-order valence-corrected chi connectivity index (χ0v) is 9.01. The number of hydrogen-bond acceptors (Lipinski definition) is 2. The number of halogens is 4. The first kappa shape index (κ1) is 12.7. The second-order valence-electron chi connectivity index (χ2n) is 4.20. The normalized spacial score (nSPS) is 17.3. The van der Waals surface area contributed by atoms with E-state index in [1.807, 2.05) is 5.32 Å². The molecule has 1 amide bonds. The zero-order valence-electron chi connectivity index (χ0n) is 9.01. The molecule has 2 N–H and O–H groups in total. The fraction of sp³-hybridized carbons (Fsp3) is 0.364. The SMILES string of the molecule is O=C(NC1(C(F)(F)F)CC1)c1ccc(F)cc1O. The number of carbonyl (C=O) groups is 1. The van der Waals surface area contributed by atoms with Crippen molar-refractivity contribution in [1.82, 2.24) is 5.32 Å². The number of phenols is 1. The van der Waals surface area contributed by atoms with Crippen molar-refractivity contribution in [3.8, 4) is 5.75 Å². The molecule has 0 unspecified atom stereocenters. The predicted octanol–water partition coefficient (Wildman–Crippen LogP) is 2.36. The van der Waals surface area contributed by atoms with Gasteiger partial charge in [-0.25, -0.2) is 4.39 Å². The molecule has 1 saturated carbocycles. The van der Waals surface area contributed by atoms with E-state index in [9.17, 15) is 27.5 Å². The fourth-order valence-electron chi connectivity index (χ4n) is 1.59. The Morgan fingerprint density at radius 1 is 1.33 bits per heavy atom. The Hall–Kier alpha value is -1.79. The smallest absolute Gasteiger partial charge is 0.411 e. The number of phenolic OH excluding ortho intramolecular Hbond substituents is 1. The van der Waals surface area contributed by atoms with Crippen molar-refractivity contribution in [3.05, 3.63) is 29.6 Å². The first-order valence-corrected chi connectivity index (χ1v) is 5.13. The van der Waals surface area contributed by atoms with Crippen LogP contribution < -0.4 is 5.32 Å². The number of carbonyl (C=O) groups excluding carboxylic acids is 1. The molecule has 1 fully saturated rings. The Labute approximate surface area is 99.4 Å². The summed E-state index contributed by atoms with van der Waals surface area (Å²) in [5, 5.41) is 11.1. The molecule has 0 radical (unpaired) electrons. The lowest BCUT2D eigenvalue weighted by atomic mass is 10.1. The van der Waals surface area contributed by atoms with Crippen molar-refractivity contribution >= 4 is 5.91 Å². The van der Waals surface area contributed by atoms with Crippen LogP contribution in [0.25, 0.3) is 0 Å². The molecule has 0 aromatic heterocycles. The van der Waals surface area contributed by atoms with Crippen LogP contribution in [-0.4, -0.2) is 22.7 Å². The van der Waals surface area contributed by atoms with Gasteiger partial charge in [0, 0.05) is 6.07 Å².